The minimum Gasteiger partial charge on any atom is -0.294 e. The standard InChI is InChI=1S/C19H14F2N2O2/c20-14-7-5-12(6-8-14)9-18(25)19-13(11-22-23-19)10-17(24)15-3-1-2-4-16(15)21/h1-8,11H,9-10H2,(H,22,23). The molecule has 0 saturated carbocycles. The van der Waals surface area contributed by atoms with Crippen LogP contribution in [0.2, 0.25) is 0 Å². The van der Waals surface area contributed by atoms with Crippen molar-refractivity contribution in [2.75, 3.05) is 0 Å². The molecule has 0 saturated heterocycles. The highest BCUT2D eigenvalue weighted by Gasteiger charge is 2.19. The summed E-state index contributed by atoms with van der Waals surface area (Å²) in [5.41, 5.74) is 1.22. The average Bonchev–Trinajstić information content (AvgIpc) is 3.05. The van der Waals surface area contributed by atoms with E-state index in [4.69, 9.17) is 0 Å². The van der Waals surface area contributed by atoms with Gasteiger partial charge in [0.1, 0.15) is 17.3 Å². The Morgan fingerprint density at radius 1 is 0.920 bits per heavy atom. The van der Waals surface area contributed by atoms with E-state index >= 15 is 0 Å². The maximum absolute atomic E-state index is 13.7. The van der Waals surface area contributed by atoms with Gasteiger partial charge in [-0.25, -0.2) is 8.78 Å². The van der Waals surface area contributed by atoms with Gasteiger partial charge in [0.05, 0.1) is 11.8 Å². The largest absolute Gasteiger partial charge is 0.294 e. The van der Waals surface area contributed by atoms with Gasteiger partial charge < -0.3 is 0 Å². The number of nitrogens with zero attached hydrogens (tertiary/aromatic N) is 1. The summed E-state index contributed by atoms with van der Waals surface area (Å²) in [7, 11) is 0. The van der Waals surface area contributed by atoms with Crippen LogP contribution in [0.15, 0.2) is 54.7 Å². The number of rotatable bonds is 6. The predicted octanol–water partition coefficient (Wildman–Crippen LogP) is 3.54. The first-order valence-electron chi connectivity index (χ1n) is 7.62. The smallest absolute Gasteiger partial charge is 0.185 e. The van der Waals surface area contributed by atoms with Crippen molar-refractivity contribution < 1.29 is 18.4 Å². The third kappa shape index (κ3) is 3.85. The Morgan fingerprint density at radius 3 is 2.36 bits per heavy atom. The lowest BCUT2D eigenvalue weighted by Crippen LogP contribution is -2.11. The highest BCUT2D eigenvalue weighted by Crippen LogP contribution is 2.15. The maximum Gasteiger partial charge on any atom is 0.185 e. The van der Waals surface area contributed by atoms with Crippen LogP contribution < -0.4 is 0 Å². The molecule has 0 atom stereocenters. The Hall–Kier alpha value is -3.15. The SMILES string of the molecule is O=C(Cc1cn[nH]c1C(=O)Cc1ccc(F)cc1)c1ccccc1F. The van der Waals surface area contributed by atoms with Gasteiger partial charge in [0.2, 0.25) is 0 Å². The van der Waals surface area contributed by atoms with Crippen molar-refractivity contribution >= 4 is 11.6 Å². The predicted molar refractivity (Wildman–Crippen MR) is 87.5 cm³/mol. The Bertz CT molecular complexity index is 917. The van der Waals surface area contributed by atoms with Gasteiger partial charge in [-0.1, -0.05) is 24.3 Å². The van der Waals surface area contributed by atoms with E-state index in [1.54, 1.807) is 6.07 Å². The zero-order chi connectivity index (χ0) is 17.8. The number of ketones is 2. The number of carbonyl (C=O) groups excluding carboxylic acids is 2. The van der Waals surface area contributed by atoms with Crippen LogP contribution in [-0.4, -0.2) is 21.8 Å². The second kappa shape index (κ2) is 7.17. The van der Waals surface area contributed by atoms with Gasteiger partial charge in [0.15, 0.2) is 11.6 Å². The lowest BCUT2D eigenvalue weighted by atomic mass is 9.99. The molecule has 4 nitrogen and oxygen atoms in total. The van der Waals surface area contributed by atoms with Gasteiger partial charge in [-0.15, -0.1) is 0 Å². The van der Waals surface area contributed by atoms with Gasteiger partial charge in [-0.2, -0.15) is 5.10 Å². The van der Waals surface area contributed by atoms with Gasteiger partial charge in [0.25, 0.3) is 0 Å². The lowest BCUT2D eigenvalue weighted by molar-refractivity contribution is 0.0984. The monoisotopic (exact) mass is 340 g/mol. The van der Waals surface area contributed by atoms with E-state index in [1.165, 1.54) is 48.7 Å². The summed E-state index contributed by atoms with van der Waals surface area (Å²) in [5, 5.41) is 6.41. The number of benzene rings is 2. The normalized spacial score (nSPS) is 10.6. The van der Waals surface area contributed by atoms with Crippen LogP contribution in [0.4, 0.5) is 8.78 Å². The van der Waals surface area contributed by atoms with Crippen molar-refractivity contribution in [3.8, 4) is 0 Å². The number of H-pyrrole nitrogens is 1. The number of aromatic amines is 1. The van der Waals surface area contributed by atoms with Crippen molar-refractivity contribution in [3.63, 3.8) is 0 Å². The molecule has 0 amide bonds. The zero-order valence-electron chi connectivity index (χ0n) is 13.1. The molecule has 1 N–H and O–H groups in total. The highest BCUT2D eigenvalue weighted by atomic mass is 19.1. The van der Waals surface area contributed by atoms with Crippen LogP contribution in [0.3, 0.4) is 0 Å². The third-order valence-electron chi connectivity index (χ3n) is 3.80. The Morgan fingerprint density at radius 2 is 1.64 bits per heavy atom. The molecule has 25 heavy (non-hydrogen) atoms. The van der Waals surface area contributed by atoms with Gasteiger partial charge >= 0.3 is 0 Å². The molecule has 0 aliphatic rings. The lowest BCUT2D eigenvalue weighted by Gasteiger charge is -2.04. The summed E-state index contributed by atoms with van der Waals surface area (Å²) in [5.74, 6) is -1.69. The van der Waals surface area contributed by atoms with Crippen molar-refractivity contribution in [2.45, 2.75) is 12.8 Å². The van der Waals surface area contributed by atoms with E-state index in [9.17, 15) is 18.4 Å². The molecule has 0 radical (unpaired) electrons. The number of halogens is 2. The van der Waals surface area contributed by atoms with E-state index in [0.29, 0.717) is 11.1 Å². The van der Waals surface area contributed by atoms with Crippen molar-refractivity contribution in [2.24, 2.45) is 0 Å². The fraction of sp³-hybridized carbons (Fsp3) is 0.105. The fourth-order valence-electron chi connectivity index (χ4n) is 2.52. The summed E-state index contributed by atoms with van der Waals surface area (Å²) >= 11 is 0. The Labute approximate surface area is 142 Å². The van der Waals surface area contributed by atoms with Crippen molar-refractivity contribution in [1.82, 2.24) is 10.2 Å². The van der Waals surface area contributed by atoms with Crippen LogP contribution >= 0.6 is 0 Å². The number of carbonyl (C=O) groups is 2. The molecule has 0 unspecified atom stereocenters. The van der Waals surface area contributed by atoms with Gasteiger partial charge in [-0.3, -0.25) is 14.7 Å². The first-order valence-corrected chi connectivity index (χ1v) is 7.62. The molecule has 0 aliphatic heterocycles. The van der Waals surface area contributed by atoms with E-state index in [1.807, 2.05) is 0 Å². The van der Waals surface area contributed by atoms with Crippen LogP contribution in [0.25, 0.3) is 0 Å². The van der Waals surface area contributed by atoms with Crippen molar-refractivity contribution in [3.05, 3.63) is 88.7 Å². The van der Waals surface area contributed by atoms with Gasteiger partial charge in [-0.05, 0) is 29.8 Å². The van der Waals surface area contributed by atoms with E-state index < -0.39 is 11.6 Å². The second-order valence-corrected chi connectivity index (χ2v) is 5.58. The third-order valence-corrected chi connectivity index (χ3v) is 3.80. The summed E-state index contributed by atoms with van der Waals surface area (Å²) in [4.78, 5) is 24.7. The molecular weight excluding hydrogens is 326 g/mol. The average molecular weight is 340 g/mol. The minimum absolute atomic E-state index is 0.0272. The van der Waals surface area contributed by atoms with Crippen molar-refractivity contribution in [1.29, 1.82) is 0 Å². The number of nitrogens with one attached hydrogen (secondary N) is 1. The van der Waals surface area contributed by atoms with E-state index in [2.05, 4.69) is 10.2 Å². The molecule has 0 aliphatic carbocycles. The molecule has 1 heterocycles. The molecule has 126 valence electrons. The molecule has 3 rings (SSSR count). The minimum atomic E-state index is -0.602. The van der Waals surface area contributed by atoms with Crippen LogP contribution in [-0.2, 0) is 12.8 Å². The summed E-state index contributed by atoms with van der Waals surface area (Å²) in [6.45, 7) is 0. The number of Topliss-reactive ketones (excluding diaryl/α,β-unsaturated/α-hetero) is 2. The summed E-state index contributed by atoms with van der Waals surface area (Å²) in [6, 6.07) is 11.3. The zero-order valence-corrected chi connectivity index (χ0v) is 13.1. The maximum atomic E-state index is 13.7. The van der Waals surface area contributed by atoms with Gasteiger partial charge in [0, 0.05) is 18.4 Å². The Balaban J connectivity index is 1.76. The molecule has 3 aromatic rings. The first-order chi connectivity index (χ1) is 12.0. The molecule has 2 aromatic carbocycles. The van der Waals surface area contributed by atoms with E-state index in [0.717, 1.165) is 0 Å². The molecule has 1 aromatic heterocycles. The Kier molecular flexibility index (Phi) is 4.79. The number of aromatic nitrogens is 2. The number of hydrogen-bond donors (Lipinski definition) is 1. The highest BCUT2D eigenvalue weighted by molar-refractivity contribution is 6.01. The summed E-state index contributed by atoms with van der Waals surface area (Å²) < 4.78 is 26.6. The molecule has 0 bridgehead atoms. The van der Waals surface area contributed by atoms with Crippen LogP contribution in [0.5, 0.6) is 0 Å². The quantitative estimate of drug-likeness (QED) is 0.698. The summed E-state index contributed by atoms with van der Waals surface area (Å²) in [6.07, 6.45) is 1.29. The molecule has 0 fully saturated rings. The van der Waals surface area contributed by atoms with E-state index in [-0.39, 0.29) is 35.7 Å². The first kappa shape index (κ1) is 16.7. The van der Waals surface area contributed by atoms with Crippen LogP contribution in [0, 0.1) is 11.6 Å². The number of hydrogen-bond acceptors (Lipinski definition) is 3. The molecule has 6 heteroatoms. The van der Waals surface area contributed by atoms with Crippen LogP contribution in [0.1, 0.15) is 32.0 Å². The topological polar surface area (TPSA) is 62.8 Å². The fourth-order valence-corrected chi connectivity index (χ4v) is 2.52. The molecule has 0 spiro atoms. The second-order valence-electron chi connectivity index (χ2n) is 5.58. The molecular formula is C19H14F2N2O2.